The number of aromatic amines is 2. The Labute approximate surface area is 167 Å². The summed E-state index contributed by atoms with van der Waals surface area (Å²) < 4.78 is 0. The SMILES string of the molecule is Cc1ccc(-c2nc(SCC(=O)NCCc3c[nH]c4ccccc34)n[nH]2)cc1. The van der Waals surface area contributed by atoms with Gasteiger partial charge in [-0.05, 0) is 25.0 Å². The van der Waals surface area contributed by atoms with Crippen LogP contribution in [0.3, 0.4) is 0 Å². The summed E-state index contributed by atoms with van der Waals surface area (Å²) in [6, 6.07) is 16.2. The minimum absolute atomic E-state index is 0.0217. The topological polar surface area (TPSA) is 86.5 Å². The first-order valence-electron chi connectivity index (χ1n) is 9.13. The Hall–Kier alpha value is -3.06. The van der Waals surface area contributed by atoms with Crippen LogP contribution in [0.4, 0.5) is 0 Å². The Kier molecular flexibility index (Phi) is 5.43. The molecule has 0 unspecified atom stereocenters. The number of benzene rings is 2. The van der Waals surface area contributed by atoms with Crippen molar-refractivity contribution in [2.24, 2.45) is 0 Å². The van der Waals surface area contributed by atoms with Gasteiger partial charge in [-0.15, -0.1) is 5.10 Å². The van der Waals surface area contributed by atoms with Crippen molar-refractivity contribution in [2.75, 3.05) is 12.3 Å². The molecule has 0 atom stereocenters. The van der Waals surface area contributed by atoms with Gasteiger partial charge >= 0.3 is 0 Å². The lowest BCUT2D eigenvalue weighted by Gasteiger charge is -2.03. The number of amides is 1. The predicted octanol–water partition coefficient (Wildman–Crippen LogP) is 3.71. The van der Waals surface area contributed by atoms with Crippen LogP contribution in [0.1, 0.15) is 11.1 Å². The summed E-state index contributed by atoms with van der Waals surface area (Å²) in [5, 5.41) is 11.8. The number of H-pyrrole nitrogens is 2. The van der Waals surface area contributed by atoms with E-state index in [0.29, 0.717) is 23.3 Å². The van der Waals surface area contributed by atoms with E-state index in [1.165, 1.54) is 28.3 Å². The summed E-state index contributed by atoms with van der Waals surface area (Å²) in [5.74, 6) is 0.979. The van der Waals surface area contributed by atoms with Gasteiger partial charge in [-0.1, -0.05) is 59.8 Å². The van der Waals surface area contributed by atoms with Crippen molar-refractivity contribution in [2.45, 2.75) is 18.5 Å². The lowest BCUT2D eigenvalue weighted by Crippen LogP contribution is -2.27. The Morgan fingerprint density at radius 2 is 1.96 bits per heavy atom. The van der Waals surface area contributed by atoms with Crippen molar-refractivity contribution in [3.8, 4) is 11.4 Å². The lowest BCUT2D eigenvalue weighted by atomic mass is 10.1. The lowest BCUT2D eigenvalue weighted by molar-refractivity contribution is -0.118. The molecule has 2 heterocycles. The number of hydrogen-bond acceptors (Lipinski definition) is 4. The Bertz CT molecular complexity index is 1080. The second kappa shape index (κ2) is 8.31. The number of aryl methyl sites for hydroxylation is 1. The van der Waals surface area contributed by atoms with Crippen molar-refractivity contribution in [3.05, 3.63) is 65.9 Å². The van der Waals surface area contributed by atoms with Crippen LogP contribution in [0.25, 0.3) is 22.3 Å². The molecule has 0 aliphatic heterocycles. The van der Waals surface area contributed by atoms with Crippen molar-refractivity contribution in [1.29, 1.82) is 0 Å². The van der Waals surface area contributed by atoms with Crippen LogP contribution in [0.2, 0.25) is 0 Å². The third-order valence-electron chi connectivity index (χ3n) is 4.51. The van der Waals surface area contributed by atoms with E-state index >= 15 is 0 Å². The fraction of sp³-hybridized carbons (Fsp3) is 0.190. The number of carbonyl (C=O) groups is 1. The molecule has 6 nitrogen and oxygen atoms in total. The van der Waals surface area contributed by atoms with Gasteiger partial charge < -0.3 is 10.3 Å². The van der Waals surface area contributed by atoms with Crippen LogP contribution in [0.15, 0.2) is 59.9 Å². The van der Waals surface area contributed by atoms with Crippen molar-refractivity contribution in [3.63, 3.8) is 0 Å². The molecule has 28 heavy (non-hydrogen) atoms. The molecule has 2 aromatic heterocycles. The molecule has 4 rings (SSSR count). The highest BCUT2D eigenvalue weighted by molar-refractivity contribution is 7.99. The molecular formula is C21H21N5OS. The number of aromatic nitrogens is 4. The van der Waals surface area contributed by atoms with Crippen molar-refractivity contribution < 1.29 is 4.79 Å². The fourth-order valence-corrected chi connectivity index (χ4v) is 3.64. The molecule has 0 saturated heterocycles. The zero-order valence-electron chi connectivity index (χ0n) is 15.5. The molecule has 0 aliphatic carbocycles. The van der Waals surface area contributed by atoms with Gasteiger partial charge in [0.15, 0.2) is 5.82 Å². The van der Waals surface area contributed by atoms with Gasteiger partial charge in [-0.2, -0.15) is 0 Å². The fourth-order valence-electron chi connectivity index (χ4n) is 3.01. The highest BCUT2D eigenvalue weighted by Crippen LogP contribution is 2.20. The molecule has 1 amide bonds. The summed E-state index contributed by atoms with van der Waals surface area (Å²) in [6.45, 7) is 2.65. The zero-order chi connectivity index (χ0) is 19.3. The summed E-state index contributed by atoms with van der Waals surface area (Å²) in [6.07, 6.45) is 2.80. The highest BCUT2D eigenvalue weighted by Gasteiger charge is 2.09. The maximum absolute atomic E-state index is 12.1. The van der Waals surface area contributed by atoms with E-state index in [4.69, 9.17) is 0 Å². The first-order chi connectivity index (χ1) is 13.7. The van der Waals surface area contributed by atoms with Gasteiger partial charge in [0.25, 0.3) is 0 Å². The quantitative estimate of drug-likeness (QED) is 0.419. The Morgan fingerprint density at radius 3 is 2.82 bits per heavy atom. The van der Waals surface area contributed by atoms with Gasteiger partial charge in [0.2, 0.25) is 11.1 Å². The van der Waals surface area contributed by atoms with Crippen LogP contribution >= 0.6 is 11.8 Å². The number of para-hydroxylation sites is 1. The van der Waals surface area contributed by atoms with E-state index in [-0.39, 0.29) is 5.91 Å². The van der Waals surface area contributed by atoms with E-state index in [1.54, 1.807) is 0 Å². The molecule has 2 aromatic carbocycles. The predicted molar refractivity (Wildman–Crippen MR) is 112 cm³/mol. The van der Waals surface area contributed by atoms with E-state index in [1.807, 2.05) is 49.5 Å². The standard InChI is InChI=1S/C21H21N5OS/c1-14-6-8-15(9-7-14)20-24-21(26-25-20)28-13-19(27)22-11-10-16-12-23-18-5-3-2-4-17(16)18/h2-9,12,23H,10-11,13H2,1H3,(H,22,27)(H,24,25,26). The summed E-state index contributed by atoms with van der Waals surface area (Å²) in [7, 11) is 0. The first-order valence-corrected chi connectivity index (χ1v) is 10.1. The molecule has 0 aliphatic rings. The zero-order valence-corrected chi connectivity index (χ0v) is 16.3. The normalized spacial score (nSPS) is 11.0. The highest BCUT2D eigenvalue weighted by atomic mass is 32.2. The van der Waals surface area contributed by atoms with Gasteiger partial charge in [-0.25, -0.2) is 4.98 Å². The number of carbonyl (C=O) groups excluding carboxylic acids is 1. The van der Waals surface area contributed by atoms with Crippen LogP contribution in [0, 0.1) is 6.92 Å². The molecule has 7 heteroatoms. The van der Waals surface area contributed by atoms with Crippen LogP contribution in [-0.2, 0) is 11.2 Å². The average Bonchev–Trinajstić information content (AvgIpc) is 3.35. The van der Waals surface area contributed by atoms with E-state index in [2.05, 4.69) is 37.6 Å². The number of nitrogens with one attached hydrogen (secondary N) is 3. The molecule has 3 N–H and O–H groups in total. The van der Waals surface area contributed by atoms with E-state index < -0.39 is 0 Å². The monoisotopic (exact) mass is 391 g/mol. The molecule has 0 fully saturated rings. The second-order valence-electron chi connectivity index (χ2n) is 6.58. The Morgan fingerprint density at radius 1 is 1.14 bits per heavy atom. The number of nitrogens with zero attached hydrogens (tertiary/aromatic N) is 2. The number of thioether (sulfide) groups is 1. The molecular weight excluding hydrogens is 370 g/mol. The molecule has 0 radical (unpaired) electrons. The Balaban J connectivity index is 1.25. The third kappa shape index (κ3) is 4.26. The van der Waals surface area contributed by atoms with Gasteiger partial charge in [0.1, 0.15) is 0 Å². The molecule has 0 saturated carbocycles. The largest absolute Gasteiger partial charge is 0.361 e. The molecule has 0 spiro atoms. The summed E-state index contributed by atoms with van der Waals surface area (Å²) in [5.41, 5.74) is 4.50. The smallest absolute Gasteiger partial charge is 0.230 e. The second-order valence-corrected chi connectivity index (χ2v) is 7.52. The summed E-state index contributed by atoms with van der Waals surface area (Å²) in [4.78, 5) is 19.8. The van der Waals surface area contributed by atoms with Crippen molar-refractivity contribution in [1.82, 2.24) is 25.5 Å². The van der Waals surface area contributed by atoms with Crippen molar-refractivity contribution >= 4 is 28.6 Å². The first kappa shape index (κ1) is 18.3. The van der Waals surface area contributed by atoms with Gasteiger partial charge in [-0.3, -0.25) is 9.89 Å². The number of rotatable bonds is 7. The minimum atomic E-state index is -0.0217. The van der Waals surface area contributed by atoms with E-state index in [9.17, 15) is 4.79 Å². The maximum atomic E-state index is 12.1. The number of fused-ring (bicyclic) bond motifs is 1. The van der Waals surface area contributed by atoms with Gasteiger partial charge in [0, 0.05) is 29.2 Å². The molecule has 0 bridgehead atoms. The van der Waals surface area contributed by atoms with Crippen LogP contribution < -0.4 is 5.32 Å². The van der Waals surface area contributed by atoms with Crippen LogP contribution in [-0.4, -0.2) is 38.4 Å². The minimum Gasteiger partial charge on any atom is -0.361 e. The molecule has 4 aromatic rings. The third-order valence-corrected chi connectivity index (χ3v) is 5.36. The maximum Gasteiger partial charge on any atom is 0.230 e. The van der Waals surface area contributed by atoms with E-state index in [0.717, 1.165) is 17.5 Å². The van der Waals surface area contributed by atoms with Crippen LogP contribution in [0.5, 0.6) is 0 Å². The number of hydrogen-bond donors (Lipinski definition) is 3. The van der Waals surface area contributed by atoms with Gasteiger partial charge in [0.05, 0.1) is 5.75 Å². The molecule has 142 valence electrons. The average molecular weight is 392 g/mol. The summed E-state index contributed by atoms with van der Waals surface area (Å²) >= 11 is 1.33.